The number of urea groups is 1. The van der Waals surface area contributed by atoms with Gasteiger partial charge in [0.15, 0.2) is 18.2 Å². The van der Waals surface area contributed by atoms with Crippen molar-refractivity contribution in [2.45, 2.75) is 24.9 Å². The maximum Gasteiger partial charge on any atom is 0.346 e. The molecule has 0 N–H and O–H groups in total. The summed E-state index contributed by atoms with van der Waals surface area (Å²) in [5.74, 6) is 0.574. The highest BCUT2D eigenvalue weighted by molar-refractivity contribution is 7.80. The van der Waals surface area contributed by atoms with Gasteiger partial charge in [0.05, 0.1) is 12.1 Å². The van der Waals surface area contributed by atoms with Crippen molar-refractivity contribution in [3.8, 4) is 11.3 Å². The first-order valence-corrected chi connectivity index (χ1v) is 9.33. The highest BCUT2D eigenvalue weighted by Gasteiger charge is 2.47. The van der Waals surface area contributed by atoms with Crippen LogP contribution in [0.25, 0.3) is 11.3 Å². The Labute approximate surface area is 149 Å². The highest BCUT2D eigenvalue weighted by atomic mass is 32.3. The average Bonchev–Trinajstić information content (AvgIpc) is 3.15. The molecule has 2 saturated heterocycles. The fourth-order valence-electron chi connectivity index (χ4n) is 3.38. The molecule has 11 heteroatoms. The van der Waals surface area contributed by atoms with Gasteiger partial charge in [-0.2, -0.15) is 9.35 Å². The molecule has 2 fully saturated rings. The second-order valence-corrected chi connectivity index (χ2v) is 7.32. The number of fused-ring (bicyclic) bond motifs is 2. The summed E-state index contributed by atoms with van der Waals surface area (Å²) in [7, 11) is -3.10. The van der Waals surface area contributed by atoms with Crippen LogP contribution >= 0.6 is 0 Å². The van der Waals surface area contributed by atoms with Gasteiger partial charge >= 0.3 is 6.03 Å². The zero-order chi connectivity index (χ0) is 18.5. The predicted octanol–water partition coefficient (Wildman–Crippen LogP) is 0.499. The van der Waals surface area contributed by atoms with E-state index >= 15 is 0 Å². The molecule has 2 aromatic heterocycles. The number of piperidine rings is 1. The molecular formula is C15H16N4O6S. The predicted molar refractivity (Wildman–Crippen MR) is 83.6 cm³/mol. The Balaban J connectivity index is 1.57. The summed E-state index contributed by atoms with van der Waals surface area (Å²) in [6.45, 7) is 0.266. The smallest absolute Gasteiger partial charge is 0.346 e. The summed E-state index contributed by atoms with van der Waals surface area (Å²) in [5.41, 5.74) is 1.43. The lowest BCUT2D eigenvalue weighted by molar-refractivity contribution is -0.671. The first-order chi connectivity index (χ1) is 12.3. The standard InChI is InChI=1S/C15H16N4O6S/c1-17-6-4-10(5-7-17)14-8-12(16-24-14)13-3-2-11-9-18(13)15(20)19(11)25-26(21,22)23/h4-8,11,13H,2-3,9H2,1H3/t11-,13+/m1/s1. The first-order valence-electron chi connectivity index (χ1n) is 7.99. The van der Waals surface area contributed by atoms with Crippen molar-refractivity contribution in [2.75, 3.05) is 6.54 Å². The molecule has 0 saturated carbocycles. The molecule has 2 bridgehead atoms. The van der Waals surface area contributed by atoms with Crippen LogP contribution in [0.15, 0.2) is 35.1 Å². The first kappa shape index (κ1) is 16.9. The van der Waals surface area contributed by atoms with Crippen LogP contribution < -0.4 is 4.57 Å². The summed E-state index contributed by atoms with van der Waals surface area (Å²) in [6.07, 6.45) is 4.81. The minimum absolute atomic E-state index is 0.266. The maximum absolute atomic E-state index is 12.4. The third-order valence-electron chi connectivity index (χ3n) is 4.63. The molecule has 0 aliphatic carbocycles. The lowest BCUT2D eigenvalue weighted by atomic mass is 9.98. The van der Waals surface area contributed by atoms with E-state index in [2.05, 4.69) is 9.44 Å². The number of carbonyl (C=O) groups excluding carboxylic acids is 1. The van der Waals surface area contributed by atoms with E-state index < -0.39 is 22.5 Å². The quantitative estimate of drug-likeness (QED) is 0.430. The van der Waals surface area contributed by atoms with E-state index in [0.29, 0.717) is 29.4 Å². The molecular weight excluding hydrogens is 364 g/mol. The van der Waals surface area contributed by atoms with Crippen LogP contribution in [0.2, 0.25) is 0 Å². The number of nitrogens with zero attached hydrogens (tertiary/aromatic N) is 4. The number of hydrogen-bond acceptors (Lipinski definition) is 7. The fourth-order valence-corrected chi connectivity index (χ4v) is 3.77. The Kier molecular flexibility index (Phi) is 3.93. The van der Waals surface area contributed by atoms with E-state index in [1.165, 1.54) is 4.90 Å². The van der Waals surface area contributed by atoms with Crippen LogP contribution in [-0.4, -0.2) is 46.7 Å². The molecule has 0 unspecified atom stereocenters. The van der Waals surface area contributed by atoms with Gasteiger partial charge in [0.2, 0.25) is 10.4 Å². The molecule has 0 aromatic carbocycles. The third kappa shape index (κ3) is 3.04. The number of rotatable bonds is 4. The summed E-state index contributed by atoms with van der Waals surface area (Å²) in [4.78, 5) is 13.9. The lowest BCUT2D eigenvalue weighted by Crippen LogP contribution is -2.35. The van der Waals surface area contributed by atoms with Gasteiger partial charge in [-0.1, -0.05) is 5.16 Å². The number of carbonyl (C=O) groups is 1. The van der Waals surface area contributed by atoms with Gasteiger partial charge in [0, 0.05) is 30.3 Å². The van der Waals surface area contributed by atoms with E-state index in [0.717, 1.165) is 5.56 Å². The van der Waals surface area contributed by atoms with Crippen molar-refractivity contribution in [1.29, 1.82) is 0 Å². The van der Waals surface area contributed by atoms with E-state index in [1.54, 1.807) is 6.07 Å². The van der Waals surface area contributed by atoms with E-state index in [-0.39, 0.29) is 12.6 Å². The SMILES string of the molecule is C[n+]1ccc(-c2cc([C@@H]3CC[C@@H]4CN3C(=O)N4OS(=O)(=O)[O-])no2)cc1. The van der Waals surface area contributed by atoms with E-state index in [9.17, 15) is 17.8 Å². The average molecular weight is 380 g/mol. The van der Waals surface area contributed by atoms with Crippen molar-refractivity contribution in [2.24, 2.45) is 7.05 Å². The molecule has 2 atom stereocenters. The minimum atomic E-state index is -5.00. The number of aromatic nitrogens is 2. The zero-order valence-corrected chi connectivity index (χ0v) is 14.6. The van der Waals surface area contributed by atoms with Gasteiger partial charge in [-0.15, -0.1) is 0 Å². The molecule has 4 heterocycles. The highest BCUT2D eigenvalue weighted by Crippen LogP contribution is 2.39. The van der Waals surface area contributed by atoms with Gasteiger partial charge in [-0.3, -0.25) is 0 Å². The van der Waals surface area contributed by atoms with Gasteiger partial charge in [-0.05, 0) is 12.8 Å². The Morgan fingerprint density at radius 2 is 2.08 bits per heavy atom. The molecule has 0 spiro atoms. The Bertz CT molecular complexity index is 941. The molecule has 138 valence electrons. The summed E-state index contributed by atoms with van der Waals surface area (Å²) >= 11 is 0. The zero-order valence-electron chi connectivity index (χ0n) is 13.8. The molecule has 2 amide bonds. The van der Waals surface area contributed by atoms with Crippen LogP contribution in [0.4, 0.5) is 4.79 Å². The van der Waals surface area contributed by atoms with Crippen LogP contribution in [-0.2, 0) is 21.7 Å². The molecule has 4 rings (SSSR count). The summed E-state index contributed by atoms with van der Waals surface area (Å²) in [6, 6.07) is 4.05. The summed E-state index contributed by atoms with van der Waals surface area (Å²) in [5, 5.41) is 4.73. The number of aryl methyl sites for hydroxylation is 1. The topological polar surface area (TPSA) is 120 Å². The third-order valence-corrected chi connectivity index (χ3v) is 4.97. The normalized spacial score (nSPS) is 22.9. The number of amides is 2. The van der Waals surface area contributed by atoms with Crippen LogP contribution in [0, 0.1) is 0 Å². The Hall–Kier alpha value is -2.50. The molecule has 2 aromatic rings. The largest absolute Gasteiger partial charge is 0.724 e. The second-order valence-electron chi connectivity index (χ2n) is 6.36. The molecule has 2 aliphatic rings. The lowest BCUT2D eigenvalue weighted by Gasteiger charge is -2.28. The van der Waals surface area contributed by atoms with Gasteiger partial charge in [0.1, 0.15) is 12.7 Å². The number of pyridine rings is 1. The second kappa shape index (κ2) is 6.04. The minimum Gasteiger partial charge on any atom is -0.724 e. The van der Waals surface area contributed by atoms with E-state index in [4.69, 9.17) is 4.52 Å². The van der Waals surface area contributed by atoms with Crippen LogP contribution in [0.5, 0.6) is 0 Å². The van der Waals surface area contributed by atoms with Gasteiger partial charge in [0.25, 0.3) is 0 Å². The number of hydroxylamine groups is 2. The van der Waals surface area contributed by atoms with Gasteiger partial charge < -0.3 is 14.0 Å². The molecule has 0 radical (unpaired) electrons. The Morgan fingerprint density at radius 1 is 1.35 bits per heavy atom. The van der Waals surface area contributed by atoms with Crippen molar-refractivity contribution < 1.29 is 31.1 Å². The monoisotopic (exact) mass is 380 g/mol. The number of hydrogen-bond donors (Lipinski definition) is 0. The van der Waals surface area contributed by atoms with Crippen molar-refractivity contribution in [3.05, 3.63) is 36.3 Å². The fraction of sp³-hybridized carbons (Fsp3) is 0.400. The maximum atomic E-state index is 12.4. The Morgan fingerprint density at radius 3 is 2.77 bits per heavy atom. The van der Waals surface area contributed by atoms with Gasteiger partial charge in [-0.25, -0.2) is 17.8 Å². The van der Waals surface area contributed by atoms with Crippen molar-refractivity contribution in [1.82, 2.24) is 15.1 Å². The van der Waals surface area contributed by atoms with Crippen molar-refractivity contribution >= 4 is 16.4 Å². The van der Waals surface area contributed by atoms with Crippen LogP contribution in [0.1, 0.15) is 24.6 Å². The van der Waals surface area contributed by atoms with E-state index in [1.807, 2.05) is 36.1 Å². The van der Waals surface area contributed by atoms with Crippen molar-refractivity contribution in [3.63, 3.8) is 0 Å². The molecule has 26 heavy (non-hydrogen) atoms. The summed E-state index contributed by atoms with van der Waals surface area (Å²) < 4.78 is 44.1. The molecule has 2 aliphatic heterocycles. The molecule has 10 nitrogen and oxygen atoms in total. The van der Waals surface area contributed by atoms with Crippen LogP contribution in [0.3, 0.4) is 0 Å².